The Hall–Kier alpha value is -2.29. The van der Waals surface area contributed by atoms with Gasteiger partial charge in [0.15, 0.2) is 0 Å². The molecule has 120 valence electrons. The first-order valence-corrected chi connectivity index (χ1v) is 7.38. The fourth-order valence-corrected chi connectivity index (χ4v) is 2.34. The third-order valence-electron chi connectivity index (χ3n) is 3.75. The molecule has 1 N–H and O–H groups in total. The molecule has 1 atom stereocenters. The van der Waals surface area contributed by atoms with Crippen LogP contribution in [0.15, 0.2) is 42.5 Å². The van der Waals surface area contributed by atoms with E-state index in [0.29, 0.717) is 17.7 Å². The highest BCUT2D eigenvalue weighted by Gasteiger charge is 2.16. The average molecular weight is 316 g/mol. The Morgan fingerprint density at radius 2 is 1.74 bits per heavy atom. The summed E-state index contributed by atoms with van der Waals surface area (Å²) in [5.74, 6) is -1.17. The van der Waals surface area contributed by atoms with Crippen LogP contribution in [-0.2, 0) is 6.54 Å². The van der Waals surface area contributed by atoms with E-state index in [1.807, 2.05) is 13.0 Å². The van der Waals surface area contributed by atoms with Gasteiger partial charge < -0.3 is 5.11 Å². The molecule has 0 radical (unpaired) electrons. The van der Waals surface area contributed by atoms with Crippen molar-refractivity contribution >= 4 is 0 Å². The van der Waals surface area contributed by atoms with E-state index >= 15 is 0 Å². The van der Waals surface area contributed by atoms with Crippen molar-refractivity contribution in [2.75, 3.05) is 13.1 Å². The molecule has 2 rings (SSSR count). The third-order valence-corrected chi connectivity index (χ3v) is 3.75. The number of halogens is 2. The van der Waals surface area contributed by atoms with Gasteiger partial charge in [0.05, 0.1) is 17.7 Å². The number of benzene rings is 2. The smallest absolute Gasteiger partial charge is 0.130 e. The summed E-state index contributed by atoms with van der Waals surface area (Å²) in [5.41, 5.74) is 1.18. The molecule has 2 aromatic carbocycles. The number of nitriles is 1. The number of aliphatic hydroxyl groups excluding tert-OH is 1. The molecule has 0 bridgehead atoms. The molecule has 5 heteroatoms. The second-order valence-corrected chi connectivity index (χ2v) is 5.28. The molecule has 0 saturated heterocycles. The summed E-state index contributed by atoms with van der Waals surface area (Å²) in [4.78, 5) is 1.77. The standard InChI is InChI=1S/C18H18F2N2O/c1-2-22(11-15-16(19)4-3-5-17(15)20)12-18(23)14-8-6-13(10-21)7-9-14/h3-9,18,23H,2,11-12H2,1H3. The molecule has 0 fully saturated rings. The lowest BCUT2D eigenvalue weighted by Crippen LogP contribution is -2.29. The van der Waals surface area contributed by atoms with E-state index in [9.17, 15) is 13.9 Å². The molecule has 0 spiro atoms. The molecule has 0 aliphatic rings. The van der Waals surface area contributed by atoms with E-state index in [-0.39, 0.29) is 18.7 Å². The predicted molar refractivity (Wildman–Crippen MR) is 83.4 cm³/mol. The monoisotopic (exact) mass is 316 g/mol. The molecule has 0 aromatic heterocycles. The van der Waals surface area contributed by atoms with Crippen LogP contribution in [-0.4, -0.2) is 23.1 Å². The quantitative estimate of drug-likeness (QED) is 0.888. The number of aliphatic hydroxyl groups is 1. The fourth-order valence-electron chi connectivity index (χ4n) is 2.34. The van der Waals surface area contributed by atoms with Crippen LogP contribution in [0.2, 0.25) is 0 Å². The largest absolute Gasteiger partial charge is 0.387 e. The van der Waals surface area contributed by atoms with Gasteiger partial charge in [-0.05, 0) is 36.4 Å². The van der Waals surface area contributed by atoms with Gasteiger partial charge in [-0.1, -0.05) is 25.1 Å². The first-order valence-electron chi connectivity index (χ1n) is 7.38. The summed E-state index contributed by atoms with van der Waals surface area (Å²) < 4.78 is 27.5. The molecular weight excluding hydrogens is 298 g/mol. The van der Waals surface area contributed by atoms with Crippen LogP contribution < -0.4 is 0 Å². The Kier molecular flexibility index (Phi) is 5.80. The van der Waals surface area contributed by atoms with Crippen molar-refractivity contribution in [3.63, 3.8) is 0 Å². The van der Waals surface area contributed by atoms with Crippen molar-refractivity contribution in [1.82, 2.24) is 4.90 Å². The van der Waals surface area contributed by atoms with Crippen LogP contribution >= 0.6 is 0 Å². The van der Waals surface area contributed by atoms with E-state index in [0.717, 1.165) is 0 Å². The Morgan fingerprint density at radius 3 is 2.26 bits per heavy atom. The Morgan fingerprint density at radius 1 is 1.13 bits per heavy atom. The van der Waals surface area contributed by atoms with Gasteiger partial charge in [0, 0.05) is 18.7 Å². The third kappa shape index (κ3) is 4.35. The highest BCUT2D eigenvalue weighted by molar-refractivity contribution is 5.32. The van der Waals surface area contributed by atoms with Crippen LogP contribution in [0, 0.1) is 23.0 Å². The predicted octanol–water partition coefficient (Wildman–Crippen LogP) is 3.39. The Balaban J connectivity index is 2.08. The summed E-state index contributed by atoms with van der Waals surface area (Å²) in [6.45, 7) is 2.74. The van der Waals surface area contributed by atoms with Gasteiger partial charge in [-0.2, -0.15) is 5.26 Å². The minimum atomic E-state index is -0.794. The summed E-state index contributed by atoms with van der Waals surface area (Å²) in [6, 6.07) is 12.4. The van der Waals surface area contributed by atoms with Gasteiger partial charge in [0.2, 0.25) is 0 Å². The van der Waals surface area contributed by atoms with Gasteiger partial charge in [0.1, 0.15) is 11.6 Å². The number of likely N-dealkylation sites (N-methyl/N-ethyl adjacent to an activating group) is 1. The molecule has 3 nitrogen and oxygen atoms in total. The van der Waals surface area contributed by atoms with Gasteiger partial charge in [-0.3, -0.25) is 4.90 Å². The lowest BCUT2D eigenvalue weighted by molar-refractivity contribution is 0.111. The molecule has 0 amide bonds. The molecule has 0 heterocycles. The number of hydrogen-bond donors (Lipinski definition) is 1. The van der Waals surface area contributed by atoms with E-state index in [2.05, 4.69) is 0 Å². The number of rotatable bonds is 6. The normalized spacial score (nSPS) is 12.2. The molecule has 2 aromatic rings. The molecule has 0 aliphatic heterocycles. The number of hydrogen-bond acceptors (Lipinski definition) is 3. The lowest BCUT2D eigenvalue weighted by atomic mass is 10.1. The van der Waals surface area contributed by atoms with Gasteiger partial charge in [-0.25, -0.2) is 8.78 Å². The van der Waals surface area contributed by atoms with Crippen molar-refractivity contribution < 1.29 is 13.9 Å². The molecular formula is C18H18F2N2O. The highest BCUT2D eigenvalue weighted by Crippen LogP contribution is 2.19. The second-order valence-electron chi connectivity index (χ2n) is 5.28. The van der Waals surface area contributed by atoms with E-state index in [4.69, 9.17) is 5.26 Å². The minimum Gasteiger partial charge on any atom is -0.387 e. The van der Waals surface area contributed by atoms with E-state index in [1.165, 1.54) is 18.2 Å². The molecule has 0 saturated carbocycles. The zero-order valence-corrected chi connectivity index (χ0v) is 12.8. The molecule has 0 aliphatic carbocycles. The maximum atomic E-state index is 13.7. The zero-order chi connectivity index (χ0) is 16.8. The summed E-state index contributed by atoms with van der Waals surface area (Å²) in [5, 5.41) is 19.1. The fraction of sp³-hybridized carbons (Fsp3) is 0.278. The topological polar surface area (TPSA) is 47.3 Å². The van der Waals surface area contributed by atoms with Gasteiger partial charge in [-0.15, -0.1) is 0 Å². The van der Waals surface area contributed by atoms with Crippen molar-refractivity contribution in [3.8, 4) is 6.07 Å². The van der Waals surface area contributed by atoms with Crippen molar-refractivity contribution in [2.45, 2.75) is 19.6 Å². The summed E-state index contributed by atoms with van der Waals surface area (Å²) in [7, 11) is 0. The van der Waals surface area contributed by atoms with Gasteiger partial charge in [0.25, 0.3) is 0 Å². The Bertz CT molecular complexity index is 675. The van der Waals surface area contributed by atoms with Crippen LogP contribution in [0.1, 0.15) is 29.7 Å². The van der Waals surface area contributed by atoms with Crippen molar-refractivity contribution in [1.29, 1.82) is 5.26 Å². The van der Waals surface area contributed by atoms with Crippen LogP contribution in [0.5, 0.6) is 0 Å². The van der Waals surface area contributed by atoms with Crippen molar-refractivity contribution in [3.05, 3.63) is 70.8 Å². The Labute approximate surface area is 134 Å². The molecule has 23 heavy (non-hydrogen) atoms. The summed E-state index contributed by atoms with van der Waals surface area (Å²) in [6.07, 6.45) is -0.794. The maximum Gasteiger partial charge on any atom is 0.130 e. The van der Waals surface area contributed by atoms with E-state index in [1.54, 1.807) is 29.2 Å². The zero-order valence-electron chi connectivity index (χ0n) is 12.8. The minimum absolute atomic E-state index is 0.00128. The van der Waals surface area contributed by atoms with Gasteiger partial charge >= 0.3 is 0 Å². The summed E-state index contributed by atoms with van der Waals surface area (Å²) >= 11 is 0. The SMILES string of the molecule is CCN(Cc1c(F)cccc1F)CC(O)c1ccc(C#N)cc1. The number of nitrogens with zero attached hydrogens (tertiary/aromatic N) is 2. The van der Waals surface area contributed by atoms with E-state index < -0.39 is 17.7 Å². The molecule has 1 unspecified atom stereocenters. The first kappa shape index (κ1) is 17.1. The second kappa shape index (κ2) is 7.82. The maximum absolute atomic E-state index is 13.7. The highest BCUT2D eigenvalue weighted by atomic mass is 19.1. The van der Waals surface area contributed by atoms with Crippen LogP contribution in [0.4, 0.5) is 8.78 Å². The van der Waals surface area contributed by atoms with Crippen molar-refractivity contribution in [2.24, 2.45) is 0 Å². The van der Waals surface area contributed by atoms with Crippen LogP contribution in [0.3, 0.4) is 0 Å². The lowest BCUT2D eigenvalue weighted by Gasteiger charge is -2.24. The first-order chi connectivity index (χ1) is 11.0. The van der Waals surface area contributed by atoms with Crippen LogP contribution in [0.25, 0.3) is 0 Å². The average Bonchev–Trinajstić information content (AvgIpc) is 2.57.